The predicted molar refractivity (Wildman–Crippen MR) is 87.4 cm³/mol. The van der Waals surface area contributed by atoms with Crippen LogP contribution < -0.4 is 9.47 Å². The molecule has 0 unspecified atom stereocenters. The molecule has 1 aliphatic rings. The highest BCUT2D eigenvalue weighted by atomic mass is 16.7. The fourth-order valence-electron chi connectivity index (χ4n) is 2.92. The van der Waals surface area contributed by atoms with Crippen molar-refractivity contribution in [2.45, 2.75) is 13.5 Å². The van der Waals surface area contributed by atoms with Crippen LogP contribution in [0.15, 0.2) is 18.2 Å². The minimum atomic E-state index is -0.0338. The second kappa shape index (κ2) is 6.17. The van der Waals surface area contributed by atoms with E-state index in [1.54, 1.807) is 16.5 Å². The van der Waals surface area contributed by atoms with E-state index in [1.165, 1.54) is 6.92 Å². The fraction of sp³-hybridized carbons (Fsp3) is 0.375. The summed E-state index contributed by atoms with van der Waals surface area (Å²) in [4.78, 5) is 13.6. The number of methoxy groups -OCH3 is 1. The van der Waals surface area contributed by atoms with Crippen LogP contribution in [0.3, 0.4) is 0 Å². The van der Waals surface area contributed by atoms with Crippen molar-refractivity contribution in [1.82, 2.24) is 24.9 Å². The van der Waals surface area contributed by atoms with Crippen LogP contribution in [0.4, 0.5) is 0 Å². The summed E-state index contributed by atoms with van der Waals surface area (Å²) < 4.78 is 17.6. The zero-order valence-electron chi connectivity index (χ0n) is 13.9. The van der Waals surface area contributed by atoms with Crippen molar-refractivity contribution in [1.29, 1.82) is 0 Å². The second-order valence-corrected chi connectivity index (χ2v) is 5.78. The molecule has 2 aromatic heterocycles. The zero-order chi connectivity index (χ0) is 17.4. The van der Waals surface area contributed by atoms with Gasteiger partial charge in [-0.15, -0.1) is 5.10 Å². The Bertz CT molecular complexity index is 954. The van der Waals surface area contributed by atoms with Crippen LogP contribution in [0.1, 0.15) is 12.5 Å². The molecule has 0 spiro atoms. The van der Waals surface area contributed by atoms with E-state index < -0.39 is 0 Å². The lowest BCUT2D eigenvalue weighted by atomic mass is 10.1. The summed E-state index contributed by atoms with van der Waals surface area (Å²) in [6.45, 7) is 3.10. The van der Waals surface area contributed by atoms with Crippen LogP contribution in [-0.2, 0) is 16.1 Å². The maximum atomic E-state index is 11.9. The molecule has 3 heterocycles. The standard InChI is InChI=1S/C16H17N5O4/c1-10(22)20(3-4-23-2)8-12-5-11-6-14-15(25-9-24-14)7-13(11)21-16(12)17-18-19-21/h5-7H,3-4,8-9H2,1-2H3. The van der Waals surface area contributed by atoms with Crippen LogP contribution in [0.5, 0.6) is 11.5 Å². The molecule has 0 saturated carbocycles. The quantitative estimate of drug-likeness (QED) is 0.682. The normalized spacial score (nSPS) is 12.9. The summed E-state index contributed by atoms with van der Waals surface area (Å²) in [7, 11) is 1.61. The molecule has 3 aromatic rings. The number of carbonyl (C=O) groups excluding carboxylic acids is 1. The number of fused-ring (bicyclic) bond motifs is 4. The van der Waals surface area contributed by atoms with Crippen LogP contribution in [0.2, 0.25) is 0 Å². The lowest BCUT2D eigenvalue weighted by Gasteiger charge is -2.21. The van der Waals surface area contributed by atoms with Crippen molar-refractivity contribution in [2.24, 2.45) is 0 Å². The highest BCUT2D eigenvalue weighted by molar-refractivity contribution is 5.86. The number of benzene rings is 1. The molecule has 0 radical (unpaired) electrons. The molecule has 0 bridgehead atoms. The maximum Gasteiger partial charge on any atom is 0.231 e. The van der Waals surface area contributed by atoms with E-state index in [2.05, 4.69) is 15.5 Å². The van der Waals surface area contributed by atoms with Gasteiger partial charge in [0.05, 0.1) is 12.1 Å². The van der Waals surface area contributed by atoms with Gasteiger partial charge in [0.25, 0.3) is 0 Å². The first-order chi connectivity index (χ1) is 12.2. The smallest absolute Gasteiger partial charge is 0.231 e. The molecule has 0 atom stereocenters. The topological polar surface area (TPSA) is 91.1 Å². The fourth-order valence-corrected chi connectivity index (χ4v) is 2.92. The molecule has 9 heteroatoms. The highest BCUT2D eigenvalue weighted by Gasteiger charge is 2.19. The average molecular weight is 343 g/mol. The molecular weight excluding hydrogens is 326 g/mol. The highest BCUT2D eigenvalue weighted by Crippen LogP contribution is 2.36. The van der Waals surface area contributed by atoms with Gasteiger partial charge in [0, 0.05) is 44.1 Å². The van der Waals surface area contributed by atoms with Crippen LogP contribution >= 0.6 is 0 Å². The molecule has 1 amide bonds. The number of aromatic nitrogens is 4. The van der Waals surface area contributed by atoms with E-state index in [0.717, 1.165) is 16.5 Å². The minimum absolute atomic E-state index is 0.0338. The van der Waals surface area contributed by atoms with E-state index in [4.69, 9.17) is 14.2 Å². The molecule has 0 aliphatic carbocycles. The first-order valence-corrected chi connectivity index (χ1v) is 7.85. The van der Waals surface area contributed by atoms with Crippen molar-refractivity contribution in [3.8, 4) is 11.5 Å². The Morgan fingerprint density at radius 1 is 1.32 bits per heavy atom. The number of nitrogens with zero attached hydrogens (tertiary/aromatic N) is 5. The maximum absolute atomic E-state index is 11.9. The Hall–Kier alpha value is -2.94. The van der Waals surface area contributed by atoms with Gasteiger partial charge in [-0.05, 0) is 22.6 Å². The third-order valence-corrected chi connectivity index (χ3v) is 4.21. The summed E-state index contributed by atoms with van der Waals surface area (Å²) >= 11 is 0. The molecule has 0 saturated heterocycles. The second-order valence-electron chi connectivity index (χ2n) is 5.78. The van der Waals surface area contributed by atoms with E-state index in [1.807, 2.05) is 18.2 Å². The Morgan fingerprint density at radius 3 is 2.88 bits per heavy atom. The van der Waals surface area contributed by atoms with Crippen LogP contribution in [0.25, 0.3) is 16.6 Å². The third kappa shape index (κ3) is 2.72. The molecule has 4 rings (SSSR count). The first kappa shape index (κ1) is 15.6. The Balaban J connectivity index is 1.81. The van der Waals surface area contributed by atoms with Gasteiger partial charge in [-0.2, -0.15) is 4.52 Å². The molecule has 25 heavy (non-hydrogen) atoms. The monoisotopic (exact) mass is 343 g/mol. The Labute approximate surface area is 143 Å². The summed E-state index contributed by atoms with van der Waals surface area (Å²) in [5, 5.41) is 12.9. The summed E-state index contributed by atoms with van der Waals surface area (Å²) in [5.41, 5.74) is 2.27. The van der Waals surface area contributed by atoms with Crippen molar-refractivity contribution >= 4 is 22.5 Å². The number of hydrogen-bond donors (Lipinski definition) is 0. The summed E-state index contributed by atoms with van der Waals surface area (Å²) in [5.74, 6) is 1.32. The number of amides is 1. The lowest BCUT2D eigenvalue weighted by molar-refractivity contribution is -0.130. The average Bonchev–Trinajstić information content (AvgIpc) is 3.25. The van der Waals surface area contributed by atoms with Gasteiger partial charge in [-0.25, -0.2) is 0 Å². The van der Waals surface area contributed by atoms with E-state index >= 15 is 0 Å². The molecule has 9 nitrogen and oxygen atoms in total. The summed E-state index contributed by atoms with van der Waals surface area (Å²) in [6, 6.07) is 5.74. The van der Waals surface area contributed by atoms with Gasteiger partial charge in [-0.1, -0.05) is 0 Å². The molecule has 0 fully saturated rings. The van der Waals surface area contributed by atoms with Crippen molar-refractivity contribution in [3.63, 3.8) is 0 Å². The van der Waals surface area contributed by atoms with Gasteiger partial charge < -0.3 is 19.1 Å². The van der Waals surface area contributed by atoms with Gasteiger partial charge in [0.15, 0.2) is 17.1 Å². The Morgan fingerprint density at radius 2 is 2.12 bits per heavy atom. The first-order valence-electron chi connectivity index (χ1n) is 7.85. The number of ether oxygens (including phenoxy) is 3. The lowest BCUT2D eigenvalue weighted by Crippen LogP contribution is -2.31. The number of pyridine rings is 1. The molecule has 130 valence electrons. The molecular formula is C16H17N5O4. The van der Waals surface area contributed by atoms with E-state index in [-0.39, 0.29) is 12.7 Å². The number of tetrazole rings is 1. The van der Waals surface area contributed by atoms with Gasteiger partial charge in [0.1, 0.15) is 0 Å². The van der Waals surface area contributed by atoms with Gasteiger partial charge in [0.2, 0.25) is 12.7 Å². The zero-order valence-corrected chi connectivity index (χ0v) is 13.9. The van der Waals surface area contributed by atoms with Gasteiger partial charge in [-0.3, -0.25) is 4.79 Å². The number of rotatable bonds is 5. The van der Waals surface area contributed by atoms with Gasteiger partial charge >= 0.3 is 0 Å². The van der Waals surface area contributed by atoms with Crippen LogP contribution in [-0.4, -0.2) is 57.9 Å². The molecule has 0 N–H and O–H groups in total. The van der Waals surface area contributed by atoms with E-state index in [9.17, 15) is 4.79 Å². The SMILES string of the molecule is COCCN(Cc1cc2cc3c(cc2n2nnnc12)OCO3)C(C)=O. The minimum Gasteiger partial charge on any atom is -0.454 e. The predicted octanol–water partition coefficient (Wildman–Crippen LogP) is 1.00. The van der Waals surface area contributed by atoms with Crippen LogP contribution in [0, 0.1) is 0 Å². The number of hydrogen-bond acceptors (Lipinski definition) is 7. The van der Waals surface area contributed by atoms with Crippen molar-refractivity contribution in [3.05, 3.63) is 23.8 Å². The van der Waals surface area contributed by atoms with Crippen molar-refractivity contribution < 1.29 is 19.0 Å². The van der Waals surface area contributed by atoms with Crippen molar-refractivity contribution in [2.75, 3.05) is 27.1 Å². The third-order valence-electron chi connectivity index (χ3n) is 4.21. The Kier molecular flexibility index (Phi) is 3.85. The molecule has 1 aliphatic heterocycles. The number of carbonyl (C=O) groups is 1. The van der Waals surface area contributed by atoms with E-state index in [0.29, 0.717) is 36.8 Å². The summed E-state index contributed by atoms with van der Waals surface area (Å²) in [6.07, 6.45) is 0. The molecule has 1 aromatic carbocycles. The largest absolute Gasteiger partial charge is 0.454 e.